The van der Waals surface area contributed by atoms with Crippen LogP contribution in [0.1, 0.15) is 51.2 Å². The first-order chi connectivity index (χ1) is 11.6. The molecule has 1 nitrogen and oxygen atoms in total. The summed E-state index contributed by atoms with van der Waals surface area (Å²) in [7, 11) is 0. The highest BCUT2D eigenvalue weighted by atomic mass is 15.2. The zero-order valence-electron chi connectivity index (χ0n) is 15.7. The average Bonchev–Trinajstić information content (AvgIpc) is 2.59. The molecule has 0 amide bonds. The maximum Gasteiger partial charge on any atom is 0.0546 e. The molecule has 24 heavy (non-hydrogen) atoms. The lowest BCUT2D eigenvalue weighted by Gasteiger charge is -2.35. The molecule has 0 heterocycles. The van der Waals surface area contributed by atoms with E-state index in [1.165, 1.54) is 40.9 Å². The zero-order valence-corrected chi connectivity index (χ0v) is 15.7. The van der Waals surface area contributed by atoms with Crippen LogP contribution in [0.3, 0.4) is 0 Å². The molecule has 1 heteroatoms. The molecule has 2 aromatic rings. The highest BCUT2D eigenvalue weighted by Gasteiger charge is 2.22. The van der Waals surface area contributed by atoms with Gasteiger partial charge in [-0.05, 0) is 56.0 Å². The van der Waals surface area contributed by atoms with Crippen LogP contribution in [-0.4, -0.2) is 6.04 Å². The standard InChI is InChI=1S/C23H31N/c1-6-8-14-22(18(3)4)24(21-12-10-9-11-13-21)23-16-15-20(7-2)17-19(23)5/h9-13,15-17,22H,3,6-8,14H2,1-2,4-5H3. The fourth-order valence-electron chi connectivity index (χ4n) is 3.28. The third kappa shape index (κ3) is 4.29. The van der Waals surface area contributed by atoms with Crippen LogP contribution in [0.25, 0.3) is 0 Å². The average molecular weight is 322 g/mol. The third-order valence-corrected chi connectivity index (χ3v) is 4.67. The Labute approximate surface area is 148 Å². The molecular weight excluding hydrogens is 290 g/mol. The summed E-state index contributed by atoms with van der Waals surface area (Å²) in [5.74, 6) is 0. The van der Waals surface area contributed by atoms with Crippen molar-refractivity contribution in [2.75, 3.05) is 4.90 Å². The van der Waals surface area contributed by atoms with Crippen LogP contribution >= 0.6 is 0 Å². The minimum absolute atomic E-state index is 0.332. The first-order valence-electron chi connectivity index (χ1n) is 9.17. The highest BCUT2D eigenvalue weighted by molar-refractivity contribution is 5.68. The van der Waals surface area contributed by atoms with E-state index in [1.807, 2.05) is 0 Å². The van der Waals surface area contributed by atoms with Gasteiger partial charge < -0.3 is 4.90 Å². The molecule has 2 rings (SSSR count). The molecule has 0 aliphatic carbocycles. The summed E-state index contributed by atoms with van der Waals surface area (Å²) in [6.45, 7) is 13.1. The fourth-order valence-corrected chi connectivity index (χ4v) is 3.28. The predicted molar refractivity (Wildman–Crippen MR) is 107 cm³/mol. The van der Waals surface area contributed by atoms with Gasteiger partial charge in [-0.3, -0.25) is 0 Å². The minimum Gasteiger partial charge on any atom is -0.334 e. The topological polar surface area (TPSA) is 3.24 Å². The molecule has 0 saturated carbocycles. The molecule has 2 aromatic carbocycles. The second kappa shape index (κ2) is 8.73. The van der Waals surface area contributed by atoms with Crippen molar-refractivity contribution < 1.29 is 0 Å². The summed E-state index contributed by atoms with van der Waals surface area (Å²) in [5, 5.41) is 0. The van der Waals surface area contributed by atoms with Gasteiger partial charge in [-0.1, -0.05) is 69.2 Å². The Morgan fingerprint density at radius 3 is 2.33 bits per heavy atom. The number of para-hydroxylation sites is 1. The van der Waals surface area contributed by atoms with E-state index < -0.39 is 0 Å². The first kappa shape index (κ1) is 18.3. The van der Waals surface area contributed by atoms with Crippen LogP contribution in [0.5, 0.6) is 0 Å². The molecule has 0 saturated heterocycles. The van der Waals surface area contributed by atoms with Crippen molar-refractivity contribution in [1.29, 1.82) is 0 Å². The highest BCUT2D eigenvalue weighted by Crippen LogP contribution is 2.34. The molecule has 0 fully saturated rings. The SMILES string of the molecule is C=C(C)C(CCCC)N(c1ccccc1)c1ccc(CC)cc1C. The van der Waals surface area contributed by atoms with E-state index in [-0.39, 0.29) is 0 Å². The number of nitrogens with zero attached hydrogens (tertiary/aromatic N) is 1. The zero-order chi connectivity index (χ0) is 17.5. The minimum atomic E-state index is 0.332. The number of unbranched alkanes of at least 4 members (excludes halogenated alkanes) is 1. The third-order valence-electron chi connectivity index (χ3n) is 4.67. The van der Waals surface area contributed by atoms with Gasteiger partial charge in [0.05, 0.1) is 6.04 Å². The molecule has 0 aliphatic heterocycles. The Balaban J connectivity index is 2.52. The van der Waals surface area contributed by atoms with E-state index in [0.29, 0.717) is 6.04 Å². The van der Waals surface area contributed by atoms with Crippen LogP contribution in [0.15, 0.2) is 60.7 Å². The predicted octanol–water partition coefficient (Wildman–Crippen LogP) is 6.83. The molecule has 0 bridgehead atoms. The lowest BCUT2D eigenvalue weighted by atomic mass is 9.98. The second-order valence-electron chi connectivity index (χ2n) is 6.68. The molecule has 0 N–H and O–H groups in total. The summed E-state index contributed by atoms with van der Waals surface area (Å²) in [6.07, 6.45) is 4.63. The smallest absolute Gasteiger partial charge is 0.0546 e. The Bertz CT molecular complexity index is 657. The van der Waals surface area contributed by atoms with Crippen LogP contribution in [-0.2, 0) is 6.42 Å². The molecule has 1 atom stereocenters. The Kier molecular flexibility index (Phi) is 6.66. The van der Waals surface area contributed by atoms with Gasteiger partial charge in [-0.25, -0.2) is 0 Å². The van der Waals surface area contributed by atoms with E-state index in [9.17, 15) is 0 Å². The van der Waals surface area contributed by atoms with Crippen LogP contribution in [0.4, 0.5) is 11.4 Å². The quantitative estimate of drug-likeness (QED) is 0.482. The number of hydrogen-bond donors (Lipinski definition) is 0. The largest absolute Gasteiger partial charge is 0.334 e. The van der Waals surface area contributed by atoms with Crippen LogP contribution in [0, 0.1) is 6.92 Å². The van der Waals surface area contributed by atoms with Gasteiger partial charge in [0.15, 0.2) is 0 Å². The van der Waals surface area contributed by atoms with E-state index in [2.05, 4.69) is 87.7 Å². The molecule has 128 valence electrons. The normalized spacial score (nSPS) is 12.0. The van der Waals surface area contributed by atoms with Crippen molar-refractivity contribution in [3.05, 3.63) is 71.8 Å². The van der Waals surface area contributed by atoms with Gasteiger partial charge in [0.25, 0.3) is 0 Å². The number of rotatable bonds is 8. The van der Waals surface area contributed by atoms with Crippen molar-refractivity contribution in [3.8, 4) is 0 Å². The van der Waals surface area contributed by atoms with Crippen molar-refractivity contribution >= 4 is 11.4 Å². The van der Waals surface area contributed by atoms with Gasteiger partial charge in [-0.15, -0.1) is 0 Å². The Hall–Kier alpha value is -2.02. The van der Waals surface area contributed by atoms with Gasteiger partial charge in [0.2, 0.25) is 0 Å². The Morgan fingerprint density at radius 2 is 1.79 bits per heavy atom. The van der Waals surface area contributed by atoms with Crippen molar-refractivity contribution in [3.63, 3.8) is 0 Å². The van der Waals surface area contributed by atoms with Crippen molar-refractivity contribution in [2.45, 2.75) is 59.4 Å². The molecule has 1 unspecified atom stereocenters. The van der Waals surface area contributed by atoms with Gasteiger partial charge in [0.1, 0.15) is 0 Å². The number of aryl methyl sites for hydroxylation is 2. The van der Waals surface area contributed by atoms with Gasteiger partial charge in [-0.2, -0.15) is 0 Å². The van der Waals surface area contributed by atoms with E-state index >= 15 is 0 Å². The van der Waals surface area contributed by atoms with Crippen LogP contribution in [0.2, 0.25) is 0 Å². The molecule has 0 aromatic heterocycles. The summed E-state index contributed by atoms with van der Waals surface area (Å²) < 4.78 is 0. The summed E-state index contributed by atoms with van der Waals surface area (Å²) in [6, 6.07) is 17.9. The number of benzene rings is 2. The first-order valence-corrected chi connectivity index (χ1v) is 9.17. The molecule has 0 spiro atoms. The van der Waals surface area contributed by atoms with Crippen molar-refractivity contribution in [1.82, 2.24) is 0 Å². The fraction of sp³-hybridized carbons (Fsp3) is 0.391. The molecule has 0 aliphatic rings. The van der Waals surface area contributed by atoms with E-state index in [4.69, 9.17) is 0 Å². The summed E-state index contributed by atoms with van der Waals surface area (Å²) >= 11 is 0. The summed E-state index contributed by atoms with van der Waals surface area (Å²) in [5.41, 5.74) is 6.49. The molecular formula is C23H31N. The molecule has 0 radical (unpaired) electrons. The van der Waals surface area contributed by atoms with Gasteiger partial charge >= 0.3 is 0 Å². The van der Waals surface area contributed by atoms with E-state index in [0.717, 1.165) is 12.8 Å². The monoisotopic (exact) mass is 321 g/mol. The van der Waals surface area contributed by atoms with Crippen LogP contribution < -0.4 is 4.90 Å². The Morgan fingerprint density at radius 1 is 1.08 bits per heavy atom. The van der Waals surface area contributed by atoms with E-state index in [1.54, 1.807) is 0 Å². The maximum absolute atomic E-state index is 4.30. The summed E-state index contributed by atoms with van der Waals surface area (Å²) in [4.78, 5) is 2.48. The van der Waals surface area contributed by atoms with Gasteiger partial charge in [0, 0.05) is 11.4 Å². The second-order valence-corrected chi connectivity index (χ2v) is 6.68. The maximum atomic E-state index is 4.30. The lowest BCUT2D eigenvalue weighted by molar-refractivity contribution is 0.620. The lowest BCUT2D eigenvalue weighted by Crippen LogP contribution is -2.32. The number of hydrogen-bond acceptors (Lipinski definition) is 1. The number of anilines is 2. The van der Waals surface area contributed by atoms with Crippen molar-refractivity contribution in [2.24, 2.45) is 0 Å².